The second-order valence-corrected chi connectivity index (χ2v) is 5.03. The second kappa shape index (κ2) is 4.89. The van der Waals surface area contributed by atoms with Gasteiger partial charge in [-0.3, -0.25) is 0 Å². The van der Waals surface area contributed by atoms with Crippen LogP contribution in [0.15, 0.2) is 22.8 Å². The van der Waals surface area contributed by atoms with Gasteiger partial charge in [0.25, 0.3) is 0 Å². The molecule has 1 aromatic rings. The van der Waals surface area contributed by atoms with Crippen LogP contribution in [0.4, 0.5) is 0 Å². The van der Waals surface area contributed by atoms with Crippen LogP contribution in [0.2, 0.25) is 0 Å². The predicted octanol–water partition coefficient (Wildman–Crippen LogP) is 2.83. The Labute approximate surface area is 89.4 Å². The minimum atomic E-state index is 0.385. The van der Waals surface area contributed by atoms with E-state index in [2.05, 4.69) is 23.1 Å². The lowest BCUT2D eigenvalue weighted by molar-refractivity contribution is 0.408. The van der Waals surface area contributed by atoms with Crippen LogP contribution in [0.25, 0.3) is 0 Å². The summed E-state index contributed by atoms with van der Waals surface area (Å²) in [6, 6.07) is 4.42. The number of rotatable bonds is 3. The Morgan fingerprint density at radius 1 is 1.57 bits per heavy atom. The summed E-state index contributed by atoms with van der Waals surface area (Å²) in [5.74, 6) is 2.37. The molecule has 0 aliphatic carbocycles. The molecule has 78 valence electrons. The molecule has 2 nitrogen and oxygen atoms in total. The first-order chi connectivity index (χ1) is 6.92. The zero-order chi connectivity index (χ0) is 9.80. The topological polar surface area (TPSA) is 25.2 Å². The fraction of sp³-hybridized carbons (Fsp3) is 0.636. The van der Waals surface area contributed by atoms with Gasteiger partial charge in [0.15, 0.2) is 0 Å². The van der Waals surface area contributed by atoms with Crippen molar-refractivity contribution >= 4 is 11.8 Å². The van der Waals surface area contributed by atoms with Crippen LogP contribution in [0.3, 0.4) is 0 Å². The summed E-state index contributed by atoms with van der Waals surface area (Å²) in [6.45, 7) is 0. The highest BCUT2D eigenvalue weighted by Crippen LogP contribution is 2.34. The largest absolute Gasteiger partial charge is 0.468 e. The predicted molar refractivity (Wildman–Crippen MR) is 60.6 cm³/mol. The SMILES string of the molecule is CNC(c1ccco1)C1CCCCS1. The quantitative estimate of drug-likeness (QED) is 0.832. The molecule has 3 heteroatoms. The van der Waals surface area contributed by atoms with Gasteiger partial charge in [-0.05, 0) is 37.8 Å². The van der Waals surface area contributed by atoms with Crippen LogP contribution >= 0.6 is 11.8 Å². The lowest BCUT2D eigenvalue weighted by Gasteiger charge is -2.28. The Kier molecular flexibility index (Phi) is 3.54. The molecule has 1 aliphatic rings. The van der Waals surface area contributed by atoms with Crippen molar-refractivity contribution in [2.75, 3.05) is 12.8 Å². The first kappa shape index (κ1) is 10.1. The van der Waals surface area contributed by atoms with Gasteiger partial charge in [0.05, 0.1) is 12.3 Å². The van der Waals surface area contributed by atoms with Crippen LogP contribution < -0.4 is 5.32 Å². The standard InChI is InChI=1S/C11H17NOS/c1-12-11(9-5-4-7-13-9)10-6-2-3-8-14-10/h4-5,7,10-12H,2-3,6,8H2,1H3. The minimum absolute atomic E-state index is 0.385. The molecule has 0 saturated carbocycles. The summed E-state index contributed by atoms with van der Waals surface area (Å²) in [5.41, 5.74) is 0. The first-order valence-corrected chi connectivity index (χ1v) is 6.29. The van der Waals surface area contributed by atoms with E-state index in [1.165, 1.54) is 25.0 Å². The maximum atomic E-state index is 5.46. The fourth-order valence-electron chi connectivity index (χ4n) is 2.01. The van der Waals surface area contributed by atoms with E-state index >= 15 is 0 Å². The van der Waals surface area contributed by atoms with Crippen molar-refractivity contribution in [2.45, 2.75) is 30.6 Å². The van der Waals surface area contributed by atoms with E-state index in [0.717, 1.165) is 5.76 Å². The molecule has 2 heterocycles. The second-order valence-electron chi connectivity index (χ2n) is 3.69. The van der Waals surface area contributed by atoms with Gasteiger partial charge in [-0.2, -0.15) is 11.8 Å². The summed E-state index contributed by atoms with van der Waals surface area (Å²) >= 11 is 2.07. The van der Waals surface area contributed by atoms with E-state index in [1.54, 1.807) is 6.26 Å². The molecule has 1 aromatic heterocycles. The molecule has 1 aliphatic heterocycles. The Morgan fingerprint density at radius 2 is 2.50 bits per heavy atom. The Balaban J connectivity index is 2.04. The molecular formula is C11H17NOS. The molecule has 14 heavy (non-hydrogen) atoms. The third-order valence-electron chi connectivity index (χ3n) is 2.75. The number of thioether (sulfide) groups is 1. The third kappa shape index (κ3) is 2.15. The highest BCUT2D eigenvalue weighted by atomic mass is 32.2. The maximum Gasteiger partial charge on any atom is 0.121 e. The monoisotopic (exact) mass is 211 g/mol. The van der Waals surface area contributed by atoms with E-state index < -0.39 is 0 Å². The van der Waals surface area contributed by atoms with E-state index in [9.17, 15) is 0 Å². The van der Waals surface area contributed by atoms with Gasteiger partial charge in [-0.25, -0.2) is 0 Å². The molecule has 0 spiro atoms. The lowest BCUT2D eigenvalue weighted by atomic mass is 10.1. The molecule has 0 radical (unpaired) electrons. The van der Waals surface area contributed by atoms with Crippen molar-refractivity contribution < 1.29 is 4.42 Å². The fourth-order valence-corrected chi connectivity index (χ4v) is 3.48. The lowest BCUT2D eigenvalue weighted by Crippen LogP contribution is -2.28. The van der Waals surface area contributed by atoms with Gasteiger partial charge in [0, 0.05) is 5.25 Å². The van der Waals surface area contributed by atoms with Crippen molar-refractivity contribution in [3.8, 4) is 0 Å². The van der Waals surface area contributed by atoms with Gasteiger partial charge in [0.1, 0.15) is 5.76 Å². The number of hydrogen-bond acceptors (Lipinski definition) is 3. The first-order valence-electron chi connectivity index (χ1n) is 5.24. The molecule has 0 aromatic carbocycles. The molecule has 1 saturated heterocycles. The normalized spacial score (nSPS) is 24.8. The number of furan rings is 1. The Bertz CT molecular complexity index is 254. The van der Waals surface area contributed by atoms with Crippen molar-refractivity contribution in [1.82, 2.24) is 5.32 Å². The summed E-state index contributed by atoms with van der Waals surface area (Å²) in [4.78, 5) is 0. The minimum Gasteiger partial charge on any atom is -0.468 e. The number of nitrogens with one attached hydrogen (secondary N) is 1. The van der Waals surface area contributed by atoms with E-state index in [-0.39, 0.29) is 0 Å². The molecule has 0 amide bonds. The zero-order valence-corrected chi connectivity index (χ0v) is 9.35. The van der Waals surface area contributed by atoms with Crippen LogP contribution in [-0.4, -0.2) is 18.1 Å². The van der Waals surface area contributed by atoms with E-state index in [0.29, 0.717) is 11.3 Å². The van der Waals surface area contributed by atoms with Gasteiger partial charge in [-0.15, -0.1) is 0 Å². The van der Waals surface area contributed by atoms with Crippen LogP contribution in [0, 0.1) is 0 Å². The molecule has 2 unspecified atom stereocenters. The van der Waals surface area contributed by atoms with Crippen LogP contribution in [0.1, 0.15) is 31.1 Å². The van der Waals surface area contributed by atoms with Gasteiger partial charge >= 0.3 is 0 Å². The summed E-state index contributed by atoms with van der Waals surface area (Å²) in [7, 11) is 2.02. The van der Waals surface area contributed by atoms with Crippen molar-refractivity contribution in [2.24, 2.45) is 0 Å². The number of hydrogen-bond donors (Lipinski definition) is 1. The third-order valence-corrected chi connectivity index (χ3v) is 4.21. The molecule has 2 atom stereocenters. The summed E-state index contributed by atoms with van der Waals surface area (Å²) in [5, 5.41) is 4.04. The summed E-state index contributed by atoms with van der Waals surface area (Å²) < 4.78 is 5.46. The van der Waals surface area contributed by atoms with Gasteiger partial charge in [-0.1, -0.05) is 6.42 Å². The molecule has 1 fully saturated rings. The van der Waals surface area contributed by atoms with Crippen molar-refractivity contribution in [3.05, 3.63) is 24.2 Å². The highest BCUT2D eigenvalue weighted by Gasteiger charge is 2.25. The zero-order valence-electron chi connectivity index (χ0n) is 8.53. The van der Waals surface area contributed by atoms with Crippen molar-refractivity contribution in [3.63, 3.8) is 0 Å². The molecule has 1 N–H and O–H groups in total. The average Bonchev–Trinajstić information content (AvgIpc) is 2.74. The van der Waals surface area contributed by atoms with Gasteiger partial charge in [0.2, 0.25) is 0 Å². The van der Waals surface area contributed by atoms with Crippen LogP contribution in [0.5, 0.6) is 0 Å². The van der Waals surface area contributed by atoms with Crippen LogP contribution in [-0.2, 0) is 0 Å². The highest BCUT2D eigenvalue weighted by molar-refractivity contribution is 8.00. The Hall–Kier alpha value is -0.410. The maximum absolute atomic E-state index is 5.46. The molecular weight excluding hydrogens is 194 g/mol. The van der Waals surface area contributed by atoms with Gasteiger partial charge < -0.3 is 9.73 Å². The Morgan fingerprint density at radius 3 is 3.07 bits per heavy atom. The average molecular weight is 211 g/mol. The van der Waals surface area contributed by atoms with E-state index in [1.807, 2.05) is 13.1 Å². The smallest absolute Gasteiger partial charge is 0.121 e. The van der Waals surface area contributed by atoms with E-state index in [4.69, 9.17) is 4.42 Å². The molecule has 2 rings (SSSR count). The molecule has 0 bridgehead atoms. The summed E-state index contributed by atoms with van der Waals surface area (Å²) in [6.07, 6.45) is 5.79. The van der Waals surface area contributed by atoms with Crippen molar-refractivity contribution in [1.29, 1.82) is 0 Å².